The van der Waals surface area contributed by atoms with Crippen LogP contribution in [-0.2, 0) is 4.79 Å². The summed E-state index contributed by atoms with van der Waals surface area (Å²) in [5, 5.41) is 13.2. The molecular weight excluding hydrogens is 286 g/mol. The first-order valence-corrected chi connectivity index (χ1v) is 7.30. The van der Waals surface area contributed by atoms with E-state index in [1.165, 1.54) is 24.3 Å². The van der Waals surface area contributed by atoms with Gasteiger partial charge >= 0.3 is 0 Å². The van der Waals surface area contributed by atoms with Gasteiger partial charge in [-0.25, -0.2) is 0 Å². The zero-order valence-electron chi connectivity index (χ0n) is 12.6. The van der Waals surface area contributed by atoms with Crippen LogP contribution in [0.4, 0.5) is 5.69 Å². The van der Waals surface area contributed by atoms with Gasteiger partial charge in [-0.15, -0.1) is 0 Å². The van der Waals surface area contributed by atoms with Crippen LogP contribution in [0.1, 0.15) is 49.4 Å². The molecule has 0 unspecified atom stereocenters. The Morgan fingerprint density at radius 1 is 1.32 bits per heavy atom. The number of nitro benzene ring substituents is 1. The molecule has 0 radical (unpaired) electrons. The van der Waals surface area contributed by atoms with Gasteiger partial charge in [0.1, 0.15) is 6.04 Å². The van der Waals surface area contributed by atoms with Crippen molar-refractivity contribution in [2.75, 3.05) is 0 Å². The standard InChI is InChI=1S/C15H21N3O4/c1-2-3-4-5-9-13(14(16)19)17-15(20)11-7-6-8-12(10-11)18(21)22/h6-8,10,13H,2-5,9H2,1H3,(H2,16,19)(H,17,20)/t13-/m0/s1. The third kappa shape index (κ3) is 5.51. The van der Waals surface area contributed by atoms with Gasteiger partial charge in [-0.05, 0) is 12.5 Å². The Morgan fingerprint density at radius 2 is 2.05 bits per heavy atom. The van der Waals surface area contributed by atoms with Crippen LogP contribution in [0.5, 0.6) is 0 Å². The van der Waals surface area contributed by atoms with Crippen LogP contribution in [0, 0.1) is 10.1 Å². The molecule has 2 amide bonds. The third-order valence-corrected chi connectivity index (χ3v) is 3.31. The molecule has 0 spiro atoms. The molecular formula is C15H21N3O4. The van der Waals surface area contributed by atoms with Gasteiger partial charge in [0.05, 0.1) is 4.92 Å². The molecule has 0 saturated heterocycles. The van der Waals surface area contributed by atoms with E-state index < -0.39 is 22.8 Å². The molecule has 120 valence electrons. The Bertz CT molecular complexity index is 545. The van der Waals surface area contributed by atoms with E-state index in [2.05, 4.69) is 12.2 Å². The van der Waals surface area contributed by atoms with Crippen LogP contribution in [0.2, 0.25) is 0 Å². The number of nitrogens with zero attached hydrogens (tertiary/aromatic N) is 1. The molecule has 0 fully saturated rings. The molecule has 1 atom stereocenters. The van der Waals surface area contributed by atoms with Crippen LogP contribution in [0.3, 0.4) is 0 Å². The first-order chi connectivity index (χ1) is 10.5. The largest absolute Gasteiger partial charge is 0.368 e. The zero-order valence-corrected chi connectivity index (χ0v) is 12.6. The summed E-state index contributed by atoms with van der Waals surface area (Å²) in [6, 6.07) is 4.59. The number of nitro groups is 1. The molecule has 0 saturated carbocycles. The smallest absolute Gasteiger partial charge is 0.270 e. The molecule has 22 heavy (non-hydrogen) atoms. The summed E-state index contributed by atoms with van der Waals surface area (Å²) in [5.74, 6) is -1.14. The molecule has 0 aliphatic heterocycles. The molecule has 7 nitrogen and oxygen atoms in total. The first kappa shape index (κ1) is 17.6. The number of carbonyl (C=O) groups is 2. The lowest BCUT2D eigenvalue weighted by molar-refractivity contribution is -0.384. The van der Waals surface area contributed by atoms with E-state index in [4.69, 9.17) is 5.73 Å². The predicted octanol–water partition coefficient (Wildman–Crippen LogP) is 2.15. The number of non-ortho nitro benzene ring substituents is 1. The fourth-order valence-corrected chi connectivity index (χ4v) is 2.06. The van der Waals surface area contributed by atoms with Crippen LogP contribution in [-0.4, -0.2) is 22.8 Å². The Hall–Kier alpha value is -2.44. The highest BCUT2D eigenvalue weighted by Crippen LogP contribution is 2.13. The minimum Gasteiger partial charge on any atom is -0.368 e. The van der Waals surface area contributed by atoms with Gasteiger partial charge in [0.15, 0.2) is 0 Å². The van der Waals surface area contributed by atoms with Crippen molar-refractivity contribution in [1.29, 1.82) is 0 Å². The number of nitrogens with two attached hydrogens (primary N) is 1. The van der Waals surface area contributed by atoms with Crippen LogP contribution >= 0.6 is 0 Å². The van der Waals surface area contributed by atoms with Crippen molar-refractivity contribution < 1.29 is 14.5 Å². The molecule has 1 rings (SSSR count). The van der Waals surface area contributed by atoms with Crippen molar-refractivity contribution in [3.05, 3.63) is 39.9 Å². The average molecular weight is 307 g/mol. The molecule has 0 heterocycles. The SMILES string of the molecule is CCCCCC[C@H](NC(=O)c1cccc([N+](=O)[O-])c1)C(N)=O. The first-order valence-electron chi connectivity index (χ1n) is 7.30. The summed E-state index contributed by atoms with van der Waals surface area (Å²) in [7, 11) is 0. The van der Waals surface area contributed by atoms with Gasteiger partial charge < -0.3 is 11.1 Å². The molecule has 0 aliphatic carbocycles. The van der Waals surface area contributed by atoms with Gasteiger partial charge in [0, 0.05) is 17.7 Å². The van der Waals surface area contributed by atoms with E-state index >= 15 is 0 Å². The molecule has 0 aliphatic rings. The van der Waals surface area contributed by atoms with E-state index in [0.717, 1.165) is 25.7 Å². The second-order valence-electron chi connectivity index (χ2n) is 5.09. The van der Waals surface area contributed by atoms with Crippen molar-refractivity contribution in [1.82, 2.24) is 5.32 Å². The fourth-order valence-electron chi connectivity index (χ4n) is 2.06. The minimum atomic E-state index is -0.761. The lowest BCUT2D eigenvalue weighted by Gasteiger charge is -2.15. The number of nitrogens with one attached hydrogen (secondary N) is 1. The highest BCUT2D eigenvalue weighted by atomic mass is 16.6. The highest BCUT2D eigenvalue weighted by Gasteiger charge is 2.19. The van der Waals surface area contributed by atoms with E-state index in [0.29, 0.717) is 6.42 Å². The Balaban J connectivity index is 2.68. The molecule has 7 heteroatoms. The lowest BCUT2D eigenvalue weighted by Crippen LogP contribution is -2.44. The van der Waals surface area contributed by atoms with Gasteiger partial charge in [0.25, 0.3) is 11.6 Å². The van der Waals surface area contributed by atoms with Gasteiger partial charge in [0.2, 0.25) is 5.91 Å². The second-order valence-corrected chi connectivity index (χ2v) is 5.09. The maximum absolute atomic E-state index is 12.1. The van der Waals surface area contributed by atoms with E-state index in [1.807, 2.05) is 0 Å². The number of benzene rings is 1. The number of amides is 2. The van der Waals surface area contributed by atoms with Crippen molar-refractivity contribution in [2.24, 2.45) is 5.73 Å². The third-order valence-electron chi connectivity index (χ3n) is 3.31. The van der Waals surface area contributed by atoms with Crippen LogP contribution in [0.25, 0.3) is 0 Å². The summed E-state index contributed by atoms with van der Waals surface area (Å²) in [4.78, 5) is 33.6. The van der Waals surface area contributed by atoms with Crippen LogP contribution in [0.15, 0.2) is 24.3 Å². The van der Waals surface area contributed by atoms with Crippen LogP contribution < -0.4 is 11.1 Å². The molecule has 3 N–H and O–H groups in total. The number of primary amides is 1. The number of carbonyl (C=O) groups excluding carboxylic acids is 2. The number of unbranched alkanes of at least 4 members (excludes halogenated alkanes) is 3. The van der Waals surface area contributed by atoms with Crippen molar-refractivity contribution in [2.45, 2.75) is 45.1 Å². The van der Waals surface area contributed by atoms with E-state index in [-0.39, 0.29) is 11.3 Å². The zero-order chi connectivity index (χ0) is 16.5. The normalized spacial score (nSPS) is 11.7. The second kappa shape index (κ2) is 8.76. The minimum absolute atomic E-state index is 0.133. The lowest BCUT2D eigenvalue weighted by atomic mass is 10.1. The highest BCUT2D eigenvalue weighted by molar-refractivity contribution is 5.97. The van der Waals surface area contributed by atoms with E-state index in [1.54, 1.807) is 0 Å². The van der Waals surface area contributed by atoms with Gasteiger partial charge in [-0.2, -0.15) is 0 Å². The maximum atomic E-state index is 12.1. The van der Waals surface area contributed by atoms with Crippen molar-refractivity contribution >= 4 is 17.5 Å². The number of rotatable bonds is 9. The molecule has 0 bridgehead atoms. The summed E-state index contributed by atoms with van der Waals surface area (Å²) in [6.45, 7) is 2.08. The topological polar surface area (TPSA) is 115 Å². The average Bonchev–Trinajstić information content (AvgIpc) is 2.50. The van der Waals surface area contributed by atoms with Gasteiger partial charge in [-0.3, -0.25) is 19.7 Å². The molecule has 0 aromatic heterocycles. The Labute approximate surface area is 129 Å². The summed E-state index contributed by atoms with van der Waals surface area (Å²) < 4.78 is 0. The van der Waals surface area contributed by atoms with Crippen molar-refractivity contribution in [3.8, 4) is 0 Å². The number of hydrogen-bond donors (Lipinski definition) is 2. The monoisotopic (exact) mass is 307 g/mol. The summed E-state index contributed by atoms with van der Waals surface area (Å²) >= 11 is 0. The molecule has 1 aromatic carbocycles. The molecule has 1 aromatic rings. The predicted molar refractivity (Wildman–Crippen MR) is 82.3 cm³/mol. The Kier molecular flexibility index (Phi) is 7.01. The maximum Gasteiger partial charge on any atom is 0.270 e. The van der Waals surface area contributed by atoms with Crippen molar-refractivity contribution in [3.63, 3.8) is 0 Å². The fraction of sp³-hybridized carbons (Fsp3) is 0.467. The van der Waals surface area contributed by atoms with E-state index in [9.17, 15) is 19.7 Å². The van der Waals surface area contributed by atoms with Gasteiger partial charge in [-0.1, -0.05) is 38.7 Å². The number of hydrogen-bond acceptors (Lipinski definition) is 4. The summed E-state index contributed by atoms with van der Waals surface area (Å²) in [6.07, 6.45) is 4.35. The summed E-state index contributed by atoms with van der Waals surface area (Å²) in [5.41, 5.74) is 5.25. The Morgan fingerprint density at radius 3 is 2.64 bits per heavy atom. The quantitative estimate of drug-likeness (QED) is 0.413.